The Morgan fingerprint density at radius 2 is 1.58 bits per heavy atom. The van der Waals surface area contributed by atoms with Crippen LogP contribution >= 0.6 is 0 Å². The van der Waals surface area contributed by atoms with E-state index in [-0.39, 0.29) is 5.91 Å². The molecule has 0 aromatic rings. The highest BCUT2D eigenvalue weighted by molar-refractivity contribution is 5.84. The van der Waals surface area contributed by atoms with Crippen LogP contribution in [0, 0.1) is 5.41 Å². The quantitative estimate of drug-likeness (QED) is 0.610. The van der Waals surface area contributed by atoms with Gasteiger partial charge in [0, 0.05) is 0 Å². The van der Waals surface area contributed by atoms with Gasteiger partial charge in [-0.25, -0.2) is 0 Å². The Hall–Kier alpha value is -0.570. The topological polar surface area (TPSA) is 69.1 Å². The zero-order valence-corrected chi connectivity index (χ0v) is 7.89. The second-order valence-electron chi connectivity index (χ2n) is 4.68. The maximum absolute atomic E-state index is 11.0. The van der Waals surface area contributed by atoms with Gasteiger partial charge >= 0.3 is 0 Å². The SMILES string of the molecule is CC1(C)CCC(N)(C(N)=O)CC1. The smallest absolute Gasteiger partial charge is 0.237 e. The van der Waals surface area contributed by atoms with Crippen LogP contribution in [0.25, 0.3) is 0 Å². The van der Waals surface area contributed by atoms with Crippen molar-refractivity contribution >= 4 is 5.91 Å². The lowest BCUT2D eigenvalue weighted by Gasteiger charge is -2.39. The van der Waals surface area contributed by atoms with Gasteiger partial charge in [0.2, 0.25) is 5.91 Å². The summed E-state index contributed by atoms with van der Waals surface area (Å²) in [7, 11) is 0. The maximum Gasteiger partial charge on any atom is 0.237 e. The van der Waals surface area contributed by atoms with Crippen molar-refractivity contribution < 1.29 is 4.79 Å². The number of hydrogen-bond acceptors (Lipinski definition) is 2. The third-order valence-corrected chi connectivity index (χ3v) is 2.99. The lowest BCUT2D eigenvalue weighted by molar-refractivity contribution is -0.124. The van der Waals surface area contributed by atoms with Gasteiger partial charge in [0.05, 0.1) is 5.54 Å². The molecule has 0 heterocycles. The molecule has 0 bridgehead atoms. The third-order valence-electron chi connectivity index (χ3n) is 2.99. The summed E-state index contributed by atoms with van der Waals surface area (Å²) in [5.74, 6) is -0.349. The monoisotopic (exact) mass is 170 g/mol. The van der Waals surface area contributed by atoms with Gasteiger partial charge < -0.3 is 11.5 Å². The van der Waals surface area contributed by atoms with E-state index in [1.807, 2.05) is 0 Å². The number of primary amides is 1. The van der Waals surface area contributed by atoms with Crippen LogP contribution in [0.5, 0.6) is 0 Å². The number of amides is 1. The number of rotatable bonds is 1. The number of carbonyl (C=O) groups excluding carboxylic acids is 1. The molecule has 0 spiro atoms. The first-order chi connectivity index (χ1) is 5.36. The van der Waals surface area contributed by atoms with Crippen molar-refractivity contribution in [1.82, 2.24) is 0 Å². The second-order valence-corrected chi connectivity index (χ2v) is 4.68. The fraction of sp³-hybridized carbons (Fsp3) is 0.889. The summed E-state index contributed by atoms with van der Waals surface area (Å²) in [6.07, 6.45) is 3.45. The minimum atomic E-state index is -0.727. The van der Waals surface area contributed by atoms with Crippen molar-refractivity contribution in [2.24, 2.45) is 16.9 Å². The van der Waals surface area contributed by atoms with Gasteiger partial charge in [0.25, 0.3) is 0 Å². The zero-order valence-electron chi connectivity index (χ0n) is 7.89. The molecule has 4 N–H and O–H groups in total. The van der Waals surface area contributed by atoms with E-state index in [0.29, 0.717) is 5.41 Å². The standard InChI is InChI=1S/C9H18N2O/c1-8(2)3-5-9(11,6-4-8)7(10)12/h3-6,11H2,1-2H3,(H2,10,12). The van der Waals surface area contributed by atoms with Crippen molar-refractivity contribution in [1.29, 1.82) is 0 Å². The fourth-order valence-corrected chi connectivity index (χ4v) is 1.62. The molecule has 1 amide bonds. The molecule has 3 nitrogen and oxygen atoms in total. The van der Waals surface area contributed by atoms with Crippen LogP contribution in [-0.4, -0.2) is 11.4 Å². The molecule has 1 aliphatic rings. The molecular formula is C9H18N2O. The van der Waals surface area contributed by atoms with Crippen molar-refractivity contribution in [2.45, 2.75) is 45.1 Å². The van der Waals surface area contributed by atoms with Crippen molar-refractivity contribution in [3.63, 3.8) is 0 Å². The van der Waals surface area contributed by atoms with E-state index in [4.69, 9.17) is 11.5 Å². The lowest BCUT2D eigenvalue weighted by Crippen LogP contribution is -2.54. The number of nitrogens with two attached hydrogens (primary N) is 2. The normalized spacial score (nSPS) is 26.6. The summed E-state index contributed by atoms with van der Waals surface area (Å²) in [6, 6.07) is 0. The van der Waals surface area contributed by atoms with Gasteiger partial charge in [-0.1, -0.05) is 13.8 Å². The maximum atomic E-state index is 11.0. The highest BCUT2D eigenvalue weighted by Gasteiger charge is 2.39. The molecule has 1 fully saturated rings. The third kappa shape index (κ3) is 1.78. The molecule has 1 rings (SSSR count). The van der Waals surface area contributed by atoms with Crippen molar-refractivity contribution in [2.75, 3.05) is 0 Å². The molecule has 1 saturated carbocycles. The average Bonchev–Trinajstić information content (AvgIpc) is 1.96. The largest absolute Gasteiger partial charge is 0.368 e. The summed E-state index contributed by atoms with van der Waals surface area (Å²) in [4.78, 5) is 11.0. The molecule has 0 radical (unpaired) electrons. The first-order valence-corrected chi connectivity index (χ1v) is 4.45. The fourth-order valence-electron chi connectivity index (χ4n) is 1.62. The van der Waals surface area contributed by atoms with Crippen molar-refractivity contribution in [3.05, 3.63) is 0 Å². The Kier molecular flexibility index (Phi) is 2.17. The zero-order chi connectivity index (χ0) is 9.41. The van der Waals surface area contributed by atoms with Gasteiger partial charge in [0.1, 0.15) is 0 Å². The Balaban J connectivity index is 2.62. The van der Waals surface area contributed by atoms with Crippen LogP contribution in [0.2, 0.25) is 0 Å². The van der Waals surface area contributed by atoms with Crippen LogP contribution in [0.3, 0.4) is 0 Å². The minimum absolute atomic E-state index is 0.332. The van der Waals surface area contributed by atoms with E-state index >= 15 is 0 Å². The van der Waals surface area contributed by atoms with E-state index in [9.17, 15) is 4.79 Å². The minimum Gasteiger partial charge on any atom is -0.368 e. The van der Waals surface area contributed by atoms with Crippen LogP contribution in [-0.2, 0) is 4.79 Å². The summed E-state index contributed by atoms with van der Waals surface area (Å²) in [5.41, 5.74) is 10.7. The van der Waals surface area contributed by atoms with Crippen LogP contribution < -0.4 is 11.5 Å². The predicted molar refractivity (Wildman–Crippen MR) is 48.4 cm³/mol. The molecule has 3 heteroatoms. The van der Waals surface area contributed by atoms with Crippen LogP contribution in [0.1, 0.15) is 39.5 Å². The van der Waals surface area contributed by atoms with Gasteiger partial charge in [-0.05, 0) is 31.1 Å². The van der Waals surface area contributed by atoms with Crippen LogP contribution in [0.4, 0.5) is 0 Å². The Bertz CT molecular complexity index is 189. The first-order valence-electron chi connectivity index (χ1n) is 4.45. The van der Waals surface area contributed by atoms with Crippen LogP contribution in [0.15, 0.2) is 0 Å². The first kappa shape index (κ1) is 9.52. The van der Waals surface area contributed by atoms with Crippen molar-refractivity contribution in [3.8, 4) is 0 Å². The van der Waals surface area contributed by atoms with E-state index in [0.717, 1.165) is 25.7 Å². The molecule has 0 aromatic carbocycles. The molecular weight excluding hydrogens is 152 g/mol. The highest BCUT2D eigenvalue weighted by atomic mass is 16.1. The molecule has 12 heavy (non-hydrogen) atoms. The number of hydrogen-bond donors (Lipinski definition) is 2. The molecule has 0 unspecified atom stereocenters. The molecule has 0 aliphatic heterocycles. The van der Waals surface area contributed by atoms with Gasteiger partial charge in [0.15, 0.2) is 0 Å². The summed E-state index contributed by atoms with van der Waals surface area (Å²) >= 11 is 0. The summed E-state index contributed by atoms with van der Waals surface area (Å²) in [6.45, 7) is 4.40. The van der Waals surface area contributed by atoms with E-state index in [1.54, 1.807) is 0 Å². The van der Waals surface area contributed by atoms with Gasteiger partial charge in [-0.2, -0.15) is 0 Å². The lowest BCUT2D eigenvalue weighted by atomic mass is 9.69. The van der Waals surface area contributed by atoms with E-state index in [2.05, 4.69) is 13.8 Å². The predicted octanol–water partition coefficient (Wildman–Crippen LogP) is 0.769. The molecule has 1 aliphatic carbocycles. The molecule has 0 saturated heterocycles. The number of carbonyl (C=O) groups is 1. The van der Waals surface area contributed by atoms with E-state index in [1.165, 1.54) is 0 Å². The Morgan fingerprint density at radius 1 is 1.17 bits per heavy atom. The summed E-state index contributed by atoms with van der Waals surface area (Å²) < 4.78 is 0. The molecule has 70 valence electrons. The average molecular weight is 170 g/mol. The Morgan fingerprint density at radius 3 is 1.92 bits per heavy atom. The Labute approximate surface area is 73.5 Å². The summed E-state index contributed by atoms with van der Waals surface area (Å²) in [5, 5.41) is 0. The highest BCUT2D eigenvalue weighted by Crippen LogP contribution is 2.38. The van der Waals surface area contributed by atoms with E-state index < -0.39 is 5.54 Å². The van der Waals surface area contributed by atoms with Gasteiger partial charge in [-0.3, -0.25) is 4.79 Å². The molecule has 0 atom stereocenters. The second kappa shape index (κ2) is 2.73. The molecule has 0 aromatic heterocycles. The van der Waals surface area contributed by atoms with Gasteiger partial charge in [-0.15, -0.1) is 0 Å².